The van der Waals surface area contributed by atoms with Crippen molar-refractivity contribution in [2.45, 2.75) is 74.1 Å². The van der Waals surface area contributed by atoms with Gasteiger partial charge in [-0.1, -0.05) is 26.0 Å². The van der Waals surface area contributed by atoms with Gasteiger partial charge in [0.25, 0.3) is 5.91 Å². The summed E-state index contributed by atoms with van der Waals surface area (Å²) in [6.07, 6.45) is 2.76. The lowest BCUT2D eigenvalue weighted by molar-refractivity contribution is -0.623. The Morgan fingerprint density at radius 1 is 1.27 bits per heavy atom. The van der Waals surface area contributed by atoms with Crippen LogP contribution in [0.3, 0.4) is 0 Å². The van der Waals surface area contributed by atoms with Crippen molar-refractivity contribution in [3.63, 3.8) is 0 Å². The van der Waals surface area contributed by atoms with Gasteiger partial charge in [0, 0.05) is 18.7 Å². The molecule has 4 atom stereocenters. The van der Waals surface area contributed by atoms with Gasteiger partial charge in [-0.15, -0.1) is 0 Å². The first-order valence-electron chi connectivity index (χ1n) is 13.7. The van der Waals surface area contributed by atoms with Crippen LogP contribution >= 0.6 is 0 Å². The van der Waals surface area contributed by atoms with Crippen LogP contribution in [-0.4, -0.2) is 106 Å². The van der Waals surface area contributed by atoms with Crippen LogP contribution in [0, 0.1) is 0 Å². The zero-order valence-corrected chi connectivity index (χ0v) is 22.9. The van der Waals surface area contributed by atoms with E-state index in [1.165, 1.54) is 4.58 Å². The lowest BCUT2D eigenvalue weighted by Gasteiger charge is -2.43. The monoisotopic (exact) mass is 556 g/mol. The molecule has 1 aromatic carbocycles. The quantitative estimate of drug-likeness (QED) is 0.144. The molecule has 4 aliphatic heterocycles. The van der Waals surface area contributed by atoms with Crippen molar-refractivity contribution in [2.24, 2.45) is 16.5 Å². The van der Waals surface area contributed by atoms with E-state index in [9.17, 15) is 19.8 Å². The normalized spacial score (nSPS) is 30.9. The van der Waals surface area contributed by atoms with E-state index in [4.69, 9.17) is 16.2 Å². The number of hydrogen-bond donors (Lipinski definition) is 8. The predicted molar refractivity (Wildman–Crippen MR) is 145 cm³/mol. The second-order valence-electron chi connectivity index (χ2n) is 12.0. The first-order chi connectivity index (χ1) is 18.9. The second-order valence-corrected chi connectivity index (χ2v) is 12.0. The number of nitrogens with one attached hydrogen (secondary N) is 4. The average molecular weight is 557 g/mol. The van der Waals surface area contributed by atoms with Gasteiger partial charge in [-0.2, -0.15) is 0 Å². The highest BCUT2D eigenvalue weighted by Gasteiger charge is 2.75. The first-order valence-corrected chi connectivity index (χ1v) is 13.7. The number of ether oxygens (including phenoxy) is 1. The summed E-state index contributed by atoms with van der Waals surface area (Å²) < 4.78 is 7.43. The first kappa shape index (κ1) is 26.4. The molecule has 14 heteroatoms. The number of urea groups is 1. The SMILES string of the molecule is CN(C(=O)NC[C@@H]1NC(N)=[N+]2CC(NC(=O)c3cccc4c3OCCC4(C)C)C(O)(O)[C@@]23NC(N)=N[C@@H]13)C1CC1. The molecule has 0 radical (unpaired) electrons. The van der Waals surface area contributed by atoms with E-state index >= 15 is 0 Å². The van der Waals surface area contributed by atoms with E-state index in [0.29, 0.717) is 17.9 Å². The maximum Gasteiger partial charge on any atom is 0.346 e. The Bertz CT molecular complexity index is 1320. The summed E-state index contributed by atoms with van der Waals surface area (Å²) in [5, 5.41) is 35.2. The van der Waals surface area contributed by atoms with Crippen LogP contribution < -0.4 is 37.5 Å². The van der Waals surface area contributed by atoms with E-state index in [-0.39, 0.29) is 42.5 Å². The molecule has 1 aliphatic carbocycles. The second kappa shape index (κ2) is 8.86. The molecule has 5 aliphatic rings. The highest BCUT2D eigenvalue weighted by atomic mass is 16.5. The van der Waals surface area contributed by atoms with Gasteiger partial charge in [0.2, 0.25) is 11.4 Å². The predicted octanol–water partition coefficient (Wildman–Crippen LogP) is -2.37. The van der Waals surface area contributed by atoms with Gasteiger partial charge in [0.05, 0.1) is 25.3 Å². The molecule has 0 aromatic heterocycles. The highest BCUT2D eigenvalue weighted by Crippen LogP contribution is 2.43. The van der Waals surface area contributed by atoms with E-state index in [0.717, 1.165) is 24.8 Å². The van der Waals surface area contributed by atoms with E-state index < -0.39 is 35.5 Å². The summed E-state index contributed by atoms with van der Waals surface area (Å²) in [5.74, 6) is -2.45. The van der Waals surface area contributed by atoms with Gasteiger partial charge in [-0.3, -0.25) is 15.8 Å². The fraction of sp³-hybridized carbons (Fsp3) is 0.615. The summed E-state index contributed by atoms with van der Waals surface area (Å²) in [6.45, 7) is 4.73. The van der Waals surface area contributed by atoms with Crippen molar-refractivity contribution in [1.82, 2.24) is 26.2 Å². The molecule has 10 N–H and O–H groups in total. The lowest BCUT2D eigenvalue weighted by Crippen LogP contribution is -2.79. The molecule has 0 bridgehead atoms. The topological polar surface area (TPSA) is 203 Å². The maximum absolute atomic E-state index is 13.6. The summed E-state index contributed by atoms with van der Waals surface area (Å²) in [6, 6.07) is 2.72. The average Bonchev–Trinajstić information content (AvgIpc) is 3.64. The molecule has 2 fully saturated rings. The summed E-state index contributed by atoms with van der Waals surface area (Å²) >= 11 is 0. The Morgan fingerprint density at radius 3 is 2.75 bits per heavy atom. The Labute approximate surface area is 231 Å². The number of benzene rings is 1. The largest absolute Gasteiger partial charge is 0.492 e. The van der Waals surface area contributed by atoms with Gasteiger partial charge in [-0.05, 0) is 30.7 Å². The van der Waals surface area contributed by atoms with Gasteiger partial charge in [-0.25, -0.2) is 14.4 Å². The number of amides is 3. The summed E-state index contributed by atoms with van der Waals surface area (Å²) in [5.41, 5.74) is 11.9. The van der Waals surface area contributed by atoms with Gasteiger partial charge in [0.1, 0.15) is 23.9 Å². The van der Waals surface area contributed by atoms with Crippen LogP contribution in [0.15, 0.2) is 23.2 Å². The van der Waals surface area contributed by atoms with E-state index in [2.05, 4.69) is 40.1 Å². The fourth-order valence-electron chi connectivity index (χ4n) is 6.46. The Morgan fingerprint density at radius 2 is 2.02 bits per heavy atom. The third-order valence-corrected chi connectivity index (χ3v) is 9.02. The molecular weight excluding hydrogens is 518 g/mol. The summed E-state index contributed by atoms with van der Waals surface area (Å²) in [4.78, 5) is 32.3. The molecule has 1 saturated carbocycles. The number of aliphatic hydroxyl groups is 2. The minimum atomic E-state index is -2.56. The summed E-state index contributed by atoms with van der Waals surface area (Å²) in [7, 11) is 1.74. The molecule has 1 unspecified atom stereocenters. The maximum atomic E-state index is 13.6. The highest BCUT2D eigenvalue weighted by molar-refractivity contribution is 5.98. The molecule has 1 spiro atoms. The zero-order valence-electron chi connectivity index (χ0n) is 22.9. The van der Waals surface area contributed by atoms with Crippen LogP contribution in [0.4, 0.5) is 4.79 Å². The minimum Gasteiger partial charge on any atom is -0.492 e. The van der Waals surface area contributed by atoms with Crippen LogP contribution in [-0.2, 0) is 5.41 Å². The number of rotatable bonds is 5. The number of aliphatic imine (C=N–C) groups is 1. The third kappa shape index (κ3) is 3.84. The molecule has 3 amide bonds. The van der Waals surface area contributed by atoms with Crippen LogP contribution in [0.1, 0.15) is 49.0 Å². The number of nitrogens with two attached hydrogens (primary N) is 2. The van der Waals surface area contributed by atoms with Crippen molar-refractivity contribution in [1.29, 1.82) is 0 Å². The van der Waals surface area contributed by atoms with Crippen molar-refractivity contribution >= 4 is 23.9 Å². The van der Waals surface area contributed by atoms with Crippen molar-refractivity contribution in [3.05, 3.63) is 29.3 Å². The number of carbonyl (C=O) groups is 2. The van der Waals surface area contributed by atoms with Crippen LogP contribution in [0.2, 0.25) is 0 Å². The number of carbonyl (C=O) groups excluding carboxylic acids is 2. The van der Waals surface area contributed by atoms with Gasteiger partial charge in [0.15, 0.2) is 5.96 Å². The Balaban J connectivity index is 1.26. The molecule has 1 aromatic rings. The molecule has 40 heavy (non-hydrogen) atoms. The molecule has 14 nitrogen and oxygen atoms in total. The fourth-order valence-corrected chi connectivity index (χ4v) is 6.46. The van der Waals surface area contributed by atoms with Crippen LogP contribution in [0.25, 0.3) is 0 Å². The van der Waals surface area contributed by atoms with Gasteiger partial charge < -0.3 is 41.5 Å². The molecule has 216 valence electrons. The Hall–Kier alpha value is -3.78. The number of guanidine groups is 2. The molecule has 1 saturated heterocycles. The lowest BCUT2D eigenvalue weighted by atomic mass is 9.79. The zero-order chi connectivity index (χ0) is 28.6. The van der Waals surface area contributed by atoms with E-state index in [1.54, 1.807) is 24.1 Å². The molecule has 4 heterocycles. The number of hydrogen-bond acceptors (Lipinski definition) is 10. The minimum absolute atomic E-state index is 0.00913. The van der Waals surface area contributed by atoms with Crippen molar-refractivity contribution < 1.29 is 29.1 Å². The van der Waals surface area contributed by atoms with Gasteiger partial charge >= 0.3 is 12.0 Å². The third-order valence-electron chi connectivity index (χ3n) is 9.02. The Kier molecular flexibility index (Phi) is 5.86. The van der Waals surface area contributed by atoms with E-state index in [1.807, 2.05) is 6.07 Å². The number of para-hydroxylation sites is 1. The molecular formula is C26H38N9O5+. The van der Waals surface area contributed by atoms with Crippen molar-refractivity contribution in [2.75, 3.05) is 26.7 Å². The number of fused-ring (bicyclic) bond motifs is 1. The smallest absolute Gasteiger partial charge is 0.346 e. The molecule has 6 rings (SSSR count). The van der Waals surface area contributed by atoms with Crippen molar-refractivity contribution in [3.8, 4) is 5.75 Å². The number of nitrogens with zero attached hydrogens (tertiary/aromatic N) is 3. The standard InChI is InChI=1S/C26H37N9O5/c1-24(2)9-10-40-18-14(5-4-6-15(18)24)20(36)31-17-12-35-22(28)30-16(11-29-23(37)34(3)13-7-8-13)19-25(35,26(17,38)39)33-21(27)32-19/h4-6,13,16-17,19,38-39H,7-12H2,1-3H3,(H7,27,28,29,30,31,32,33,36,37)/p+1/t16-,17?,19-,25-/m0/s1. The van der Waals surface area contributed by atoms with Crippen LogP contribution in [0.5, 0.6) is 5.75 Å².